The van der Waals surface area contributed by atoms with Gasteiger partial charge in [-0.3, -0.25) is 0 Å². The first kappa shape index (κ1) is 14.8. The van der Waals surface area contributed by atoms with Crippen molar-refractivity contribution in [1.29, 1.82) is 0 Å². The standard InChI is InChI=1S/C17H26O/c1-6-8-9-10-13(3)16-11-12-17(18-7-2)15(5)14(16)4/h8-9,11-13H,6-7,10H2,1-5H3/b9-8-. The van der Waals surface area contributed by atoms with E-state index in [1.807, 2.05) is 6.92 Å². The van der Waals surface area contributed by atoms with Crippen LogP contribution in [-0.2, 0) is 0 Å². The lowest BCUT2D eigenvalue weighted by Crippen LogP contribution is -2.01. The molecule has 0 spiro atoms. The summed E-state index contributed by atoms with van der Waals surface area (Å²) in [5, 5.41) is 0. The summed E-state index contributed by atoms with van der Waals surface area (Å²) in [6.07, 6.45) is 6.76. The Hall–Kier alpha value is -1.24. The van der Waals surface area contributed by atoms with Gasteiger partial charge in [0.25, 0.3) is 0 Å². The Kier molecular flexibility index (Phi) is 5.97. The Labute approximate surface area is 112 Å². The van der Waals surface area contributed by atoms with Gasteiger partial charge in [0.15, 0.2) is 0 Å². The molecule has 1 nitrogen and oxygen atoms in total. The van der Waals surface area contributed by atoms with Gasteiger partial charge in [0.2, 0.25) is 0 Å². The van der Waals surface area contributed by atoms with Crippen molar-refractivity contribution in [3.8, 4) is 5.75 Å². The second kappa shape index (κ2) is 7.25. The highest BCUT2D eigenvalue weighted by Gasteiger charge is 2.11. The average Bonchev–Trinajstić information content (AvgIpc) is 2.35. The van der Waals surface area contributed by atoms with E-state index in [0.717, 1.165) is 25.2 Å². The fourth-order valence-corrected chi connectivity index (χ4v) is 2.26. The third kappa shape index (κ3) is 3.63. The number of allylic oxidation sites excluding steroid dienone is 2. The molecule has 0 aliphatic carbocycles. The Morgan fingerprint density at radius 1 is 1.11 bits per heavy atom. The molecule has 0 amide bonds. The predicted octanol–water partition coefficient (Wildman–Crippen LogP) is 5.16. The molecule has 1 aromatic carbocycles. The van der Waals surface area contributed by atoms with Crippen molar-refractivity contribution in [2.75, 3.05) is 6.61 Å². The molecule has 1 aromatic rings. The van der Waals surface area contributed by atoms with Crippen LogP contribution in [0.3, 0.4) is 0 Å². The molecule has 18 heavy (non-hydrogen) atoms. The SMILES string of the molecule is CC/C=C\CC(C)c1ccc(OCC)c(C)c1C. The molecule has 0 aromatic heterocycles. The molecule has 0 N–H and O–H groups in total. The molecule has 0 aliphatic heterocycles. The lowest BCUT2D eigenvalue weighted by atomic mass is 9.91. The van der Waals surface area contributed by atoms with E-state index in [4.69, 9.17) is 4.74 Å². The van der Waals surface area contributed by atoms with Gasteiger partial charge in [-0.25, -0.2) is 0 Å². The molecule has 0 radical (unpaired) electrons. The van der Waals surface area contributed by atoms with Crippen LogP contribution >= 0.6 is 0 Å². The second-order valence-corrected chi connectivity index (χ2v) is 4.85. The highest BCUT2D eigenvalue weighted by Crippen LogP contribution is 2.30. The summed E-state index contributed by atoms with van der Waals surface area (Å²) in [7, 11) is 0. The molecular formula is C17H26O. The fraction of sp³-hybridized carbons (Fsp3) is 0.529. The Balaban J connectivity index is 2.90. The zero-order valence-corrected chi connectivity index (χ0v) is 12.4. The summed E-state index contributed by atoms with van der Waals surface area (Å²) >= 11 is 0. The summed E-state index contributed by atoms with van der Waals surface area (Å²) in [6, 6.07) is 4.33. The van der Waals surface area contributed by atoms with E-state index < -0.39 is 0 Å². The molecule has 1 atom stereocenters. The maximum atomic E-state index is 5.64. The van der Waals surface area contributed by atoms with E-state index in [9.17, 15) is 0 Å². The lowest BCUT2D eigenvalue weighted by molar-refractivity contribution is 0.337. The van der Waals surface area contributed by atoms with Crippen LogP contribution in [0.25, 0.3) is 0 Å². The lowest BCUT2D eigenvalue weighted by Gasteiger charge is -2.17. The molecule has 0 heterocycles. The van der Waals surface area contributed by atoms with E-state index >= 15 is 0 Å². The van der Waals surface area contributed by atoms with E-state index in [2.05, 4.69) is 52.0 Å². The fourth-order valence-electron chi connectivity index (χ4n) is 2.26. The van der Waals surface area contributed by atoms with Crippen LogP contribution in [0.5, 0.6) is 5.75 Å². The van der Waals surface area contributed by atoms with Crippen LogP contribution < -0.4 is 4.74 Å². The zero-order valence-electron chi connectivity index (χ0n) is 12.4. The van der Waals surface area contributed by atoms with Gasteiger partial charge in [0.05, 0.1) is 6.61 Å². The molecule has 0 saturated heterocycles. The first-order chi connectivity index (χ1) is 8.61. The van der Waals surface area contributed by atoms with Crippen LogP contribution in [0.1, 0.15) is 56.2 Å². The average molecular weight is 246 g/mol. The summed E-state index contributed by atoms with van der Waals surface area (Å²) in [4.78, 5) is 0. The molecule has 0 saturated carbocycles. The normalized spacial score (nSPS) is 12.9. The third-order valence-corrected chi connectivity index (χ3v) is 3.50. The quantitative estimate of drug-likeness (QED) is 0.630. The minimum Gasteiger partial charge on any atom is -0.494 e. The van der Waals surface area contributed by atoms with Crippen LogP contribution in [0.4, 0.5) is 0 Å². The summed E-state index contributed by atoms with van der Waals surface area (Å²) in [6.45, 7) is 11.6. The van der Waals surface area contributed by atoms with Crippen LogP contribution in [0, 0.1) is 13.8 Å². The molecule has 1 unspecified atom stereocenters. The van der Waals surface area contributed by atoms with E-state index in [1.165, 1.54) is 16.7 Å². The minimum atomic E-state index is 0.571. The van der Waals surface area contributed by atoms with Gasteiger partial charge in [-0.05, 0) is 62.3 Å². The maximum absolute atomic E-state index is 5.64. The Morgan fingerprint density at radius 3 is 2.44 bits per heavy atom. The first-order valence-corrected chi connectivity index (χ1v) is 6.99. The third-order valence-electron chi connectivity index (χ3n) is 3.50. The number of hydrogen-bond donors (Lipinski definition) is 0. The van der Waals surface area contributed by atoms with Crippen LogP contribution in [0.2, 0.25) is 0 Å². The monoisotopic (exact) mass is 246 g/mol. The summed E-state index contributed by atoms with van der Waals surface area (Å²) in [5.74, 6) is 1.59. The van der Waals surface area contributed by atoms with Crippen molar-refractivity contribution in [2.24, 2.45) is 0 Å². The van der Waals surface area contributed by atoms with Crippen molar-refractivity contribution in [3.63, 3.8) is 0 Å². The highest BCUT2D eigenvalue weighted by molar-refractivity contribution is 5.45. The molecule has 1 rings (SSSR count). The number of hydrogen-bond acceptors (Lipinski definition) is 1. The summed E-state index contributed by atoms with van der Waals surface area (Å²) < 4.78 is 5.64. The molecular weight excluding hydrogens is 220 g/mol. The second-order valence-electron chi connectivity index (χ2n) is 4.85. The van der Waals surface area contributed by atoms with E-state index in [0.29, 0.717) is 5.92 Å². The van der Waals surface area contributed by atoms with Crippen molar-refractivity contribution in [3.05, 3.63) is 41.0 Å². The zero-order chi connectivity index (χ0) is 13.5. The molecule has 0 aliphatic rings. The van der Waals surface area contributed by atoms with Gasteiger partial charge in [-0.2, -0.15) is 0 Å². The topological polar surface area (TPSA) is 9.23 Å². The molecule has 0 bridgehead atoms. The molecule has 0 fully saturated rings. The predicted molar refractivity (Wildman–Crippen MR) is 79.5 cm³/mol. The van der Waals surface area contributed by atoms with Gasteiger partial charge in [0, 0.05) is 0 Å². The Bertz CT molecular complexity index is 404. The molecule has 1 heteroatoms. The number of ether oxygens (including phenoxy) is 1. The van der Waals surface area contributed by atoms with Crippen molar-refractivity contribution in [2.45, 2.75) is 53.4 Å². The van der Waals surface area contributed by atoms with Crippen LogP contribution in [-0.4, -0.2) is 6.61 Å². The minimum absolute atomic E-state index is 0.571. The maximum Gasteiger partial charge on any atom is 0.122 e. The van der Waals surface area contributed by atoms with Gasteiger partial charge in [-0.15, -0.1) is 0 Å². The van der Waals surface area contributed by atoms with Gasteiger partial charge < -0.3 is 4.74 Å². The number of benzene rings is 1. The van der Waals surface area contributed by atoms with Crippen LogP contribution in [0.15, 0.2) is 24.3 Å². The van der Waals surface area contributed by atoms with Gasteiger partial charge >= 0.3 is 0 Å². The molecule has 100 valence electrons. The summed E-state index contributed by atoms with van der Waals surface area (Å²) in [5.41, 5.74) is 4.09. The van der Waals surface area contributed by atoms with Gasteiger partial charge in [-0.1, -0.05) is 32.1 Å². The van der Waals surface area contributed by atoms with Crippen molar-refractivity contribution < 1.29 is 4.74 Å². The smallest absolute Gasteiger partial charge is 0.122 e. The largest absolute Gasteiger partial charge is 0.494 e. The Morgan fingerprint density at radius 2 is 1.83 bits per heavy atom. The number of rotatable bonds is 6. The van der Waals surface area contributed by atoms with Crippen molar-refractivity contribution in [1.82, 2.24) is 0 Å². The van der Waals surface area contributed by atoms with E-state index in [-0.39, 0.29) is 0 Å². The van der Waals surface area contributed by atoms with Crippen molar-refractivity contribution >= 4 is 0 Å². The first-order valence-electron chi connectivity index (χ1n) is 6.99. The van der Waals surface area contributed by atoms with Gasteiger partial charge in [0.1, 0.15) is 5.75 Å². The van der Waals surface area contributed by atoms with E-state index in [1.54, 1.807) is 0 Å². The highest BCUT2D eigenvalue weighted by atomic mass is 16.5.